The van der Waals surface area contributed by atoms with E-state index in [2.05, 4.69) is 21.5 Å². The average molecular weight is 192 g/mol. The van der Waals surface area contributed by atoms with E-state index in [1.165, 1.54) is 6.33 Å². The number of imidazole rings is 1. The Morgan fingerprint density at radius 2 is 2.46 bits per heavy atom. The van der Waals surface area contributed by atoms with E-state index in [0.717, 1.165) is 16.9 Å². The zero-order valence-corrected chi connectivity index (χ0v) is 7.74. The molecule has 0 aromatic carbocycles. The Balaban J connectivity index is 2.40. The molecule has 0 fully saturated rings. The van der Waals surface area contributed by atoms with Gasteiger partial charge in [0.05, 0.1) is 6.20 Å². The normalized spacial score (nSPS) is 10.5. The molecule has 2 heterocycles. The van der Waals surface area contributed by atoms with Crippen LogP contribution < -0.4 is 0 Å². The summed E-state index contributed by atoms with van der Waals surface area (Å²) < 4.78 is 1.92. The fourth-order valence-electron chi connectivity index (χ4n) is 0.974. The summed E-state index contributed by atoms with van der Waals surface area (Å²) in [6, 6.07) is 0. The molecule has 2 rings (SSSR count). The van der Waals surface area contributed by atoms with Crippen LogP contribution in [0.15, 0.2) is 31.5 Å². The van der Waals surface area contributed by atoms with E-state index in [1.807, 2.05) is 10.0 Å². The zero-order valence-electron chi connectivity index (χ0n) is 6.92. The minimum Gasteiger partial charge on any atom is -0.256 e. The third-order valence-electron chi connectivity index (χ3n) is 1.51. The molecule has 0 saturated carbocycles. The van der Waals surface area contributed by atoms with Crippen molar-refractivity contribution in [1.82, 2.24) is 18.9 Å². The minimum absolute atomic E-state index is 0.819. The van der Waals surface area contributed by atoms with Crippen molar-refractivity contribution in [3.05, 3.63) is 31.5 Å². The third-order valence-corrected chi connectivity index (χ3v) is 2.44. The molecule has 0 aliphatic rings. The summed E-state index contributed by atoms with van der Waals surface area (Å²) in [6.07, 6.45) is 6.81. The third kappa shape index (κ3) is 1.55. The molecule has 2 aromatic heterocycles. The van der Waals surface area contributed by atoms with E-state index in [4.69, 9.17) is 0 Å². The van der Waals surface area contributed by atoms with Gasteiger partial charge in [-0.3, -0.25) is 3.97 Å². The fraction of sp³-hybridized carbons (Fsp3) is 0.125. The van der Waals surface area contributed by atoms with Crippen LogP contribution in [0.25, 0.3) is 11.2 Å². The summed E-state index contributed by atoms with van der Waals surface area (Å²) in [5.74, 6) is 0.843. The van der Waals surface area contributed by atoms with Gasteiger partial charge in [-0.1, -0.05) is 6.08 Å². The second-order valence-electron chi connectivity index (χ2n) is 2.39. The number of hydrogen-bond donors (Lipinski definition) is 0. The molecule has 13 heavy (non-hydrogen) atoms. The lowest BCUT2D eigenvalue weighted by molar-refractivity contribution is 1.18. The lowest BCUT2D eigenvalue weighted by atomic mass is 10.6. The van der Waals surface area contributed by atoms with E-state index >= 15 is 0 Å². The molecule has 0 saturated heterocycles. The van der Waals surface area contributed by atoms with Crippen molar-refractivity contribution in [2.24, 2.45) is 0 Å². The summed E-state index contributed by atoms with van der Waals surface area (Å²) in [5, 5.41) is 0. The molecular formula is C8H8N4S. The van der Waals surface area contributed by atoms with E-state index in [9.17, 15) is 0 Å². The first-order chi connectivity index (χ1) is 6.42. The summed E-state index contributed by atoms with van der Waals surface area (Å²) >= 11 is 1.60. The van der Waals surface area contributed by atoms with E-state index in [1.54, 1.807) is 24.5 Å². The average Bonchev–Trinajstić information content (AvgIpc) is 2.58. The first-order valence-corrected chi connectivity index (χ1v) is 4.73. The number of rotatable bonds is 3. The highest BCUT2D eigenvalue weighted by Gasteiger charge is 2.01. The fourth-order valence-corrected chi connectivity index (χ4v) is 1.62. The summed E-state index contributed by atoms with van der Waals surface area (Å²) in [6.45, 7) is 3.65. The standard InChI is InChI=1S/C8H8N4S/c1-2-3-13-12-6-11-7-4-9-5-10-8(7)12/h2,4-6H,1,3H2. The van der Waals surface area contributed by atoms with Crippen LogP contribution in [0, 0.1) is 0 Å². The molecule has 0 radical (unpaired) electrons. The van der Waals surface area contributed by atoms with Crippen LogP contribution in [0.5, 0.6) is 0 Å². The van der Waals surface area contributed by atoms with E-state index in [0.29, 0.717) is 0 Å². The summed E-state index contributed by atoms with van der Waals surface area (Å²) in [5.41, 5.74) is 1.67. The van der Waals surface area contributed by atoms with Crippen molar-refractivity contribution in [3.8, 4) is 0 Å². The quantitative estimate of drug-likeness (QED) is 0.691. The Morgan fingerprint density at radius 1 is 1.54 bits per heavy atom. The Morgan fingerprint density at radius 3 is 3.31 bits per heavy atom. The maximum Gasteiger partial charge on any atom is 0.173 e. The first-order valence-electron chi connectivity index (χ1n) is 3.79. The van der Waals surface area contributed by atoms with Gasteiger partial charge in [0.2, 0.25) is 0 Å². The number of nitrogens with zero attached hydrogens (tertiary/aromatic N) is 4. The van der Waals surface area contributed by atoms with Gasteiger partial charge >= 0.3 is 0 Å². The van der Waals surface area contributed by atoms with Crippen molar-refractivity contribution in [2.45, 2.75) is 0 Å². The maximum absolute atomic E-state index is 4.15. The van der Waals surface area contributed by atoms with Crippen LogP contribution in [-0.2, 0) is 0 Å². The molecule has 0 aliphatic carbocycles. The Labute approximate surface area is 79.9 Å². The SMILES string of the molecule is C=CCSn1cnc2cncnc21. The monoisotopic (exact) mass is 192 g/mol. The van der Waals surface area contributed by atoms with Gasteiger partial charge in [0, 0.05) is 5.75 Å². The molecule has 66 valence electrons. The highest BCUT2D eigenvalue weighted by molar-refractivity contribution is 7.98. The second kappa shape index (κ2) is 3.57. The van der Waals surface area contributed by atoms with Crippen molar-refractivity contribution in [3.63, 3.8) is 0 Å². The smallest absolute Gasteiger partial charge is 0.173 e. The topological polar surface area (TPSA) is 43.6 Å². The highest BCUT2D eigenvalue weighted by atomic mass is 32.2. The van der Waals surface area contributed by atoms with Crippen molar-refractivity contribution in [2.75, 3.05) is 5.75 Å². The van der Waals surface area contributed by atoms with E-state index in [-0.39, 0.29) is 0 Å². The minimum atomic E-state index is 0.819. The van der Waals surface area contributed by atoms with Crippen molar-refractivity contribution >= 4 is 23.1 Å². The molecule has 0 amide bonds. The van der Waals surface area contributed by atoms with E-state index < -0.39 is 0 Å². The first kappa shape index (κ1) is 8.25. The largest absolute Gasteiger partial charge is 0.256 e. The summed E-state index contributed by atoms with van der Waals surface area (Å²) in [4.78, 5) is 12.2. The Hall–Kier alpha value is -1.36. The molecular weight excluding hydrogens is 184 g/mol. The van der Waals surface area contributed by atoms with Crippen LogP contribution in [-0.4, -0.2) is 24.7 Å². The van der Waals surface area contributed by atoms with Crippen LogP contribution in [0.2, 0.25) is 0 Å². The van der Waals surface area contributed by atoms with Crippen LogP contribution in [0.3, 0.4) is 0 Å². The van der Waals surface area contributed by atoms with Crippen LogP contribution >= 0.6 is 11.9 Å². The number of aromatic nitrogens is 4. The number of fused-ring (bicyclic) bond motifs is 1. The Kier molecular flexibility index (Phi) is 2.27. The van der Waals surface area contributed by atoms with Gasteiger partial charge in [0.25, 0.3) is 0 Å². The summed E-state index contributed by atoms with van der Waals surface area (Å²) in [7, 11) is 0. The van der Waals surface area contributed by atoms with Gasteiger partial charge in [-0.05, 0) is 11.9 Å². The van der Waals surface area contributed by atoms with Gasteiger partial charge in [0.15, 0.2) is 5.65 Å². The van der Waals surface area contributed by atoms with Crippen LogP contribution in [0.4, 0.5) is 0 Å². The predicted molar refractivity (Wildman–Crippen MR) is 53.4 cm³/mol. The molecule has 4 nitrogen and oxygen atoms in total. The van der Waals surface area contributed by atoms with Gasteiger partial charge in [-0.2, -0.15) is 0 Å². The molecule has 0 atom stereocenters. The molecule has 0 unspecified atom stereocenters. The lowest BCUT2D eigenvalue weighted by Gasteiger charge is -1.97. The molecule has 0 aliphatic heterocycles. The Bertz CT molecular complexity index is 423. The van der Waals surface area contributed by atoms with Gasteiger partial charge < -0.3 is 0 Å². The molecule has 5 heteroatoms. The van der Waals surface area contributed by atoms with Crippen LogP contribution in [0.1, 0.15) is 0 Å². The molecule has 0 bridgehead atoms. The lowest BCUT2D eigenvalue weighted by Crippen LogP contribution is -1.88. The zero-order chi connectivity index (χ0) is 9.10. The molecule has 0 spiro atoms. The number of hydrogen-bond acceptors (Lipinski definition) is 4. The maximum atomic E-state index is 4.15. The van der Waals surface area contributed by atoms with Crippen molar-refractivity contribution < 1.29 is 0 Å². The second-order valence-corrected chi connectivity index (χ2v) is 3.37. The van der Waals surface area contributed by atoms with Gasteiger partial charge in [-0.15, -0.1) is 6.58 Å². The van der Waals surface area contributed by atoms with Gasteiger partial charge in [0.1, 0.15) is 18.2 Å². The van der Waals surface area contributed by atoms with Crippen molar-refractivity contribution in [1.29, 1.82) is 0 Å². The highest BCUT2D eigenvalue weighted by Crippen LogP contribution is 2.14. The predicted octanol–water partition coefficient (Wildman–Crippen LogP) is 1.51. The molecule has 2 aromatic rings. The van der Waals surface area contributed by atoms with Gasteiger partial charge in [-0.25, -0.2) is 15.0 Å². The molecule has 0 N–H and O–H groups in total.